The number of fused-ring (bicyclic) bond motifs is 4. The molecule has 0 bridgehead atoms. The van der Waals surface area contributed by atoms with E-state index in [1.807, 2.05) is 61.5 Å². The molecule has 5 heteroatoms. The predicted octanol–water partition coefficient (Wildman–Crippen LogP) is 7.51. The molecule has 2 aromatic heterocycles. The first-order chi connectivity index (χ1) is 20.0. The van der Waals surface area contributed by atoms with Crippen LogP contribution < -0.4 is 0 Å². The maximum Gasteiger partial charge on any atom is 0.176 e. The van der Waals surface area contributed by atoms with Crippen molar-refractivity contribution < 1.29 is 4.79 Å². The van der Waals surface area contributed by atoms with Crippen molar-refractivity contribution >= 4 is 16.7 Å². The van der Waals surface area contributed by atoms with Crippen LogP contribution in [-0.4, -0.2) is 20.7 Å². The van der Waals surface area contributed by atoms with E-state index in [0.717, 1.165) is 62.9 Å². The Morgan fingerprint density at radius 2 is 1.59 bits per heavy atom. The second-order valence-corrected chi connectivity index (χ2v) is 11.3. The Kier molecular flexibility index (Phi) is 5.87. The van der Waals surface area contributed by atoms with E-state index in [2.05, 4.69) is 54.4 Å². The normalized spacial score (nSPS) is 21.5. The summed E-state index contributed by atoms with van der Waals surface area (Å²) >= 11 is 0. The Bertz CT molecular complexity index is 1900. The molecule has 0 unspecified atom stereocenters. The van der Waals surface area contributed by atoms with Crippen LogP contribution in [0.5, 0.6) is 0 Å². The summed E-state index contributed by atoms with van der Waals surface area (Å²) < 4.78 is 0. The van der Waals surface area contributed by atoms with Gasteiger partial charge in [-0.3, -0.25) is 9.78 Å². The van der Waals surface area contributed by atoms with Crippen molar-refractivity contribution in [2.75, 3.05) is 0 Å². The lowest BCUT2D eigenvalue weighted by Crippen LogP contribution is -2.46. The molecule has 0 N–H and O–H groups in total. The fraction of sp³-hybridized carbons (Fsp3) is 0.194. The van der Waals surface area contributed by atoms with Crippen LogP contribution in [0.3, 0.4) is 0 Å². The van der Waals surface area contributed by atoms with Crippen LogP contribution in [0.25, 0.3) is 44.7 Å². The minimum Gasteiger partial charge on any atom is -0.293 e. The van der Waals surface area contributed by atoms with Crippen LogP contribution in [0.15, 0.2) is 103 Å². The van der Waals surface area contributed by atoms with E-state index in [1.54, 1.807) is 6.20 Å². The summed E-state index contributed by atoms with van der Waals surface area (Å²) in [6.07, 6.45) is 5.29. The van der Waals surface area contributed by atoms with Gasteiger partial charge in [0.15, 0.2) is 11.6 Å². The molecule has 2 aliphatic carbocycles. The van der Waals surface area contributed by atoms with Crippen LogP contribution in [-0.2, 0) is 16.6 Å². The molecular formula is C36H28N4O. The minimum atomic E-state index is -0.564. The number of benzene rings is 3. The Morgan fingerprint density at radius 3 is 2.37 bits per heavy atom. The van der Waals surface area contributed by atoms with Crippen molar-refractivity contribution in [3.63, 3.8) is 0 Å². The van der Waals surface area contributed by atoms with E-state index in [9.17, 15) is 10.1 Å². The number of para-hydroxylation sites is 1. The fourth-order valence-corrected chi connectivity index (χ4v) is 6.87. The van der Waals surface area contributed by atoms with Gasteiger partial charge in [0.2, 0.25) is 0 Å². The molecule has 3 atom stereocenters. The summed E-state index contributed by atoms with van der Waals surface area (Å²) in [4.78, 5) is 28.1. The van der Waals surface area contributed by atoms with Gasteiger partial charge in [-0.05, 0) is 42.0 Å². The topological polar surface area (TPSA) is 79.5 Å². The van der Waals surface area contributed by atoms with Gasteiger partial charge in [-0.2, -0.15) is 5.26 Å². The van der Waals surface area contributed by atoms with Gasteiger partial charge in [0, 0.05) is 39.6 Å². The molecule has 198 valence electrons. The van der Waals surface area contributed by atoms with Crippen LogP contribution >= 0.6 is 0 Å². The zero-order chi connectivity index (χ0) is 28.1. The van der Waals surface area contributed by atoms with Crippen molar-refractivity contribution in [2.24, 2.45) is 11.8 Å². The standard InChI is InChI=1S/C36H28N4O/c1-22-30-17-16-29-32(25-14-12-24(13-15-25)23-8-4-3-5-9-23)39-35(28-18-19-38-31-11-7-6-10-27(28)31)40-34(29)36(30,2)20-26(21-37)33(22)41/h3-15,18-20,22,30H,16-17H2,1-2H3/t22-,30-,36-/m1/s1. The van der Waals surface area contributed by atoms with Crippen molar-refractivity contribution in [2.45, 2.75) is 32.1 Å². The Morgan fingerprint density at radius 1 is 0.878 bits per heavy atom. The number of nitrogens with zero attached hydrogens (tertiary/aromatic N) is 4. The summed E-state index contributed by atoms with van der Waals surface area (Å²) in [6, 6.07) is 31.1. The van der Waals surface area contributed by atoms with Gasteiger partial charge in [0.1, 0.15) is 6.07 Å². The van der Waals surface area contributed by atoms with Crippen molar-refractivity contribution in [1.82, 2.24) is 15.0 Å². The monoisotopic (exact) mass is 532 g/mol. The fourth-order valence-electron chi connectivity index (χ4n) is 6.87. The smallest absolute Gasteiger partial charge is 0.176 e. The number of allylic oxidation sites excluding steroid dienone is 2. The Labute approximate surface area is 239 Å². The summed E-state index contributed by atoms with van der Waals surface area (Å²) in [5.41, 5.74) is 7.70. The van der Waals surface area contributed by atoms with E-state index in [-0.39, 0.29) is 23.2 Å². The molecule has 3 aromatic carbocycles. The molecule has 0 radical (unpaired) electrons. The molecule has 5 aromatic rings. The van der Waals surface area contributed by atoms with Gasteiger partial charge in [-0.1, -0.05) is 92.7 Å². The molecule has 2 aliphatic rings. The van der Waals surface area contributed by atoms with Gasteiger partial charge in [-0.15, -0.1) is 0 Å². The van der Waals surface area contributed by atoms with Gasteiger partial charge in [0.05, 0.1) is 22.5 Å². The molecule has 0 spiro atoms. The first kappa shape index (κ1) is 25.0. The average molecular weight is 533 g/mol. The molecule has 0 aliphatic heterocycles. The van der Waals surface area contributed by atoms with E-state index >= 15 is 0 Å². The van der Waals surface area contributed by atoms with E-state index in [0.29, 0.717) is 5.82 Å². The van der Waals surface area contributed by atoms with Crippen molar-refractivity contribution in [1.29, 1.82) is 5.26 Å². The number of aromatic nitrogens is 3. The quantitative estimate of drug-likeness (QED) is 0.240. The molecular weight excluding hydrogens is 504 g/mol. The number of carbonyl (C=O) groups excluding carboxylic acids is 1. The third kappa shape index (κ3) is 3.98. The SMILES string of the molecule is C[C@H]1C(=O)C(C#N)=C[C@@]2(C)c3nc(-c4ccnc5ccccc45)nc(-c4ccc(-c5ccccc5)cc4)c3CC[C@H]12. The van der Waals surface area contributed by atoms with Crippen molar-refractivity contribution in [3.05, 3.63) is 114 Å². The second kappa shape index (κ2) is 9.60. The number of nitriles is 1. The van der Waals surface area contributed by atoms with Gasteiger partial charge in [-0.25, -0.2) is 9.97 Å². The first-order valence-electron chi connectivity index (χ1n) is 14.1. The van der Waals surface area contributed by atoms with Crippen LogP contribution in [0.1, 0.15) is 31.5 Å². The minimum absolute atomic E-state index is 0.0600. The van der Waals surface area contributed by atoms with E-state index in [4.69, 9.17) is 9.97 Å². The third-order valence-corrected chi connectivity index (χ3v) is 9.00. The number of hydrogen-bond donors (Lipinski definition) is 0. The van der Waals surface area contributed by atoms with Crippen LogP contribution in [0, 0.1) is 23.2 Å². The highest BCUT2D eigenvalue weighted by Gasteiger charge is 2.49. The molecule has 0 saturated heterocycles. The zero-order valence-electron chi connectivity index (χ0n) is 23.0. The van der Waals surface area contributed by atoms with Crippen LogP contribution in [0.4, 0.5) is 0 Å². The lowest BCUT2D eigenvalue weighted by molar-refractivity contribution is -0.121. The lowest BCUT2D eigenvalue weighted by Gasteiger charge is -2.45. The maximum absolute atomic E-state index is 13.0. The highest BCUT2D eigenvalue weighted by atomic mass is 16.1. The van der Waals surface area contributed by atoms with Crippen molar-refractivity contribution in [3.8, 4) is 39.8 Å². The van der Waals surface area contributed by atoms with Gasteiger partial charge in [0.25, 0.3) is 0 Å². The molecule has 7 rings (SSSR count). The van der Waals surface area contributed by atoms with E-state index < -0.39 is 5.41 Å². The molecule has 0 amide bonds. The highest BCUT2D eigenvalue weighted by Crippen LogP contribution is 2.51. The largest absolute Gasteiger partial charge is 0.293 e. The summed E-state index contributed by atoms with van der Waals surface area (Å²) in [6.45, 7) is 4.10. The molecule has 2 heterocycles. The molecule has 0 saturated carbocycles. The second-order valence-electron chi connectivity index (χ2n) is 11.3. The number of ketones is 1. The van der Waals surface area contributed by atoms with Crippen LogP contribution in [0.2, 0.25) is 0 Å². The summed E-state index contributed by atoms with van der Waals surface area (Å²) in [5.74, 6) is 0.374. The Hall–Kier alpha value is -4.95. The number of carbonyl (C=O) groups is 1. The highest BCUT2D eigenvalue weighted by molar-refractivity contribution is 6.02. The number of rotatable bonds is 3. The number of Topliss-reactive ketones (excluding diaryl/α,β-unsaturated/α-hetero) is 1. The third-order valence-electron chi connectivity index (χ3n) is 9.00. The molecule has 5 nitrogen and oxygen atoms in total. The van der Waals surface area contributed by atoms with Gasteiger partial charge >= 0.3 is 0 Å². The number of pyridine rings is 1. The zero-order valence-corrected chi connectivity index (χ0v) is 23.0. The van der Waals surface area contributed by atoms with E-state index in [1.165, 1.54) is 0 Å². The molecule has 41 heavy (non-hydrogen) atoms. The number of hydrogen-bond acceptors (Lipinski definition) is 5. The first-order valence-corrected chi connectivity index (χ1v) is 14.1. The summed E-state index contributed by atoms with van der Waals surface area (Å²) in [5, 5.41) is 10.8. The molecule has 0 fully saturated rings. The maximum atomic E-state index is 13.0. The van der Waals surface area contributed by atoms with Gasteiger partial charge < -0.3 is 0 Å². The predicted molar refractivity (Wildman–Crippen MR) is 161 cm³/mol. The summed E-state index contributed by atoms with van der Waals surface area (Å²) in [7, 11) is 0. The lowest BCUT2D eigenvalue weighted by atomic mass is 9.57. The Balaban J connectivity index is 1.48. The average Bonchev–Trinajstić information content (AvgIpc) is 3.02.